The van der Waals surface area contributed by atoms with Crippen LogP contribution in [0.2, 0.25) is 0 Å². The standard InChI is InChI=1S/C21H19N5O5/c1-13-10-14(7-8-17(13)26(28)29)24-25-20-18(30-2)11-15(12-19(20)31-3)23-21(27)16-6-4-5-9-22-16/h4-12H,1-3H3,(H,23,27). The van der Waals surface area contributed by atoms with Crippen molar-refractivity contribution in [3.05, 3.63) is 76.1 Å². The number of carbonyl (C=O) groups is 1. The summed E-state index contributed by atoms with van der Waals surface area (Å²) < 4.78 is 10.8. The molecule has 1 amide bonds. The molecule has 0 spiro atoms. The summed E-state index contributed by atoms with van der Waals surface area (Å²) >= 11 is 0. The van der Waals surface area contributed by atoms with E-state index in [9.17, 15) is 14.9 Å². The number of azo groups is 1. The quantitative estimate of drug-likeness (QED) is 0.325. The molecule has 10 nitrogen and oxygen atoms in total. The van der Waals surface area contributed by atoms with Gasteiger partial charge in [0.05, 0.1) is 24.8 Å². The van der Waals surface area contributed by atoms with E-state index in [1.54, 1.807) is 43.3 Å². The molecule has 158 valence electrons. The van der Waals surface area contributed by atoms with E-state index in [1.165, 1.54) is 32.5 Å². The maximum Gasteiger partial charge on any atom is 0.274 e. The van der Waals surface area contributed by atoms with Crippen molar-refractivity contribution in [2.24, 2.45) is 10.2 Å². The van der Waals surface area contributed by atoms with Crippen molar-refractivity contribution >= 4 is 28.7 Å². The van der Waals surface area contributed by atoms with Gasteiger partial charge in [-0.3, -0.25) is 19.9 Å². The van der Waals surface area contributed by atoms with Crippen LogP contribution in [0.1, 0.15) is 16.1 Å². The summed E-state index contributed by atoms with van der Waals surface area (Å²) in [6.07, 6.45) is 1.53. The Morgan fingerprint density at radius 3 is 2.32 bits per heavy atom. The van der Waals surface area contributed by atoms with Crippen LogP contribution in [0.5, 0.6) is 11.5 Å². The topological polar surface area (TPSA) is 128 Å². The summed E-state index contributed by atoms with van der Waals surface area (Å²) in [4.78, 5) is 26.9. The molecular weight excluding hydrogens is 402 g/mol. The summed E-state index contributed by atoms with van der Waals surface area (Å²) in [5, 5.41) is 22.0. The molecule has 3 rings (SSSR count). The summed E-state index contributed by atoms with van der Waals surface area (Å²) in [5.41, 5.74) is 1.89. The molecule has 1 heterocycles. The Bertz CT molecular complexity index is 1120. The van der Waals surface area contributed by atoms with Gasteiger partial charge in [0.15, 0.2) is 17.2 Å². The van der Waals surface area contributed by atoms with E-state index >= 15 is 0 Å². The van der Waals surface area contributed by atoms with Gasteiger partial charge < -0.3 is 14.8 Å². The first-order chi connectivity index (χ1) is 14.9. The van der Waals surface area contributed by atoms with Crippen molar-refractivity contribution in [1.82, 2.24) is 4.98 Å². The number of amides is 1. The Kier molecular flexibility index (Phi) is 6.51. The molecule has 1 aromatic heterocycles. The minimum atomic E-state index is -0.458. The van der Waals surface area contributed by atoms with Gasteiger partial charge in [-0.1, -0.05) is 6.07 Å². The van der Waals surface area contributed by atoms with E-state index in [2.05, 4.69) is 20.5 Å². The number of rotatable bonds is 7. The lowest BCUT2D eigenvalue weighted by Gasteiger charge is -2.12. The smallest absolute Gasteiger partial charge is 0.274 e. The van der Waals surface area contributed by atoms with Crippen LogP contribution in [0, 0.1) is 17.0 Å². The van der Waals surface area contributed by atoms with Gasteiger partial charge in [-0.05, 0) is 31.2 Å². The molecule has 0 fully saturated rings. The van der Waals surface area contributed by atoms with Crippen LogP contribution in [-0.2, 0) is 0 Å². The molecule has 0 saturated carbocycles. The van der Waals surface area contributed by atoms with Gasteiger partial charge in [0.25, 0.3) is 11.6 Å². The van der Waals surface area contributed by atoms with Crippen LogP contribution in [0.4, 0.5) is 22.7 Å². The van der Waals surface area contributed by atoms with E-state index in [4.69, 9.17) is 9.47 Å². The average molecular weight is 421 g/mol. The maximum atomic E-state index is 12.4. The summed E-state index contributed by atoms with van der Waals surface area (Å²) in [6.45, 7) is 1.62. The number of nitrogens with one attached hydrogen (secondary N) is 1. The van der Waals surface area contributed by atoms with Crippen molar-refractivity contribution in [3.63, 3.8) is 0 Å². The highest BCUT2D eigenvalue weighted by Crippen LogP contribution is 2.41. The lowest BCUT2D eigenvalue weighted by atomic mass is 10.2. The van der Waals surface area contributed by atoms with Crippen LogP contribution in [0.25, 0.3) is 0 Å². The highest BCUT2D eigenvalue weighted by atomic mass is 16.6. The molecule has 10 heteroatoms. The molecule has 0 radical (unpaired) electrons. The molecule has 0 aliphatic rings. The number of nitro groups is 1. The number of methoxy groups -OCH3 is 2. The van der Waals surface area contributed by atoms with E-state index in [-0.39, 0.29) is 17.3 Å². The zero-order valence-corrected chi connectivity index (χ0v) is 17.0. The lowest BCUT2D eigenvalue weighted by Crippen LogP contribution is -2.13. The minimum absolute atomic E-state index is 0.00196. The molecule has 2 aromatic carbocycles. The fraction of sp³-hybridized carbons (Fsp3) is 0.143. The summed E-state index contributed by atoms with van der Waals surface area (Å²) in [6, 6.07) is 12.6. The zero-order chi connectivity index (χ0) is 22.4. The Hall–Kier alpha value is -4.34. The van der Waals surface area contributed by atoms with Gasteiger partial charge >= 0.3 is 0 Å². The molecule has 0 aliphatic heterocycles. The number of anilines is 1. The molecule has 0 atom stereocenters. The van der Waals surface area contributed by atoms with Crippen molar-refractivity contribution in [2.75, 3.05) is 19.5 Å². The van der Waals surface area contributed by atoms with Gasteiger partial charge in [-0.2, -0.15) is 5.11 Å². The van der Waals surface area contributed by atoms with E-state index in [0.29, 0.717) is 34.1 Å². The third-order valence-electron chi connectivity index (χ3n) is 4.28. The van der Waals surface area contributed by atoms with Crippen molar-refractivity contribution in [3.8, 4) is 11.5 Å². The predicted molar refractivity (Wildman–Crippen MR) is 114 cm³/mol. The molecule has 0 unspecified atom stereocenters. The Balaban J connectivity index is 1.90. The second kappa shape index (κ2) is 9.44. The summed E-state index contributed by atoms with van der Waals surface area (Å²) in [7, 11) is 2.91. The average Bonchev–Trinajstić information content (AvgIpc) is 2.77. The van der Waals surface area contributed by atoms with Crippen LogP contribution >= 0.6 is 0 Å². The van der Waals surface area contributed by atoms with E-state index in [1.807, 2.05) is 0 Å². The first-order valence-corrected chi connectivity index (χ1v) is 9.08. The number of aromatic nitrogens is 1. The van der Waals surface area contributed by atoms with Gasteiger partial charge in [-0.15, -0.1) is 5.11 Å². The Labute approximate surface area is 177 Å². The fourth-order valence-corrected chi connectivity index (χ4v) is 2.77. The second-order valence-electron chi connectivity index (χ2n) is 6.33. The van der Waals surface area contributed by atoms with Gasteiger partial charge in [-0.25, -0.2) is 0 Å². The van der Waals surface area contributed by atoms with Crippen LogP contribution in [0.3, 0.4) is 0 Å². The number of aryl methyl sites for hydroxylation is 1. The number of nitrogens with zero attached hydrogens (tertiary/aromatic N) is 4. The molecule has 1 N–H and O–H groups in total. The molecular formula is C21H19N5O5. The second-order valence-corrected chi connectivity index (χ2v) is 6.33. The van der Waals surface area contributed by atoms with Crippen molar-refractivity contribution < 1.29 is 19.2 Å². The number of hydrogen-bond donors (Lipinski definition) is 1. The molecule has 0 aliphatic carbocycles. The lowest BCUT2D eigenvalue weighted by molar-refractivity contribution is -0.385. The van der Waals surface area contributed by atoms with Crippen LogP contribution < -0.4 is 14.8 Å². The third kappa shape index (κ3) is 4.99. The van der Waals surface area contributed by atoms with Gasteiger partial charge in [0, 0.05) is 35.6 Å². The predicted octanol–water partition coefficient (Wildman–Crippen LogP) is 4.98. The highest BCUT2D eigenvalue weighted by molar-refractivity contribution is 6.03. The molecule has 0 bridgehead atoms. The minimum Gasteiger partial charge on any atom is -0.494 e. The number of nitro benzene ring substituents is 1. The van der Waals surface area contributed by atoms with E-state index < -0.39 is 4.92 Å². The van der Waals surface area contributed by atoms with Gasteiger partial charge in [0.2, 0.25) is 0 Å². The van der Waals surface area contributed by atoms with Crippen molar-refractivity contribution in [2.45, 2.75) is 6.92 Å². The number of hydrogen-bond acceptors (Lipinski definition) is 8. The molecule has 0 saturated heterocycles. The zero-order valence-electron chi connectivity index (χ0n) is 17.0. The number of ether oxygens (including phenoxy) is 2. The normalized spacial score (nSPS) is 10.7. The maximum absolute atomic E-state index is 12.4. The third-order valence-corrected chi connectivity index (χ3v) is 4.28. The largest absolute Gasteiger partial charge is 0.494 e. The monoisotopic (exact) mass is 421 g/mol. The van der Waals surface area contributed by atoms with Gasteiger partial charge in [0.1, 0.15) is 5.69 Å². The SMILES string of the molecule is COc1cc(NC(=O)c2ccccn2)cc(OC)c1N=Nc1ccc([N+](=O)[O-])c(C)c1. The van der Waals surface area contributed by atoms with Crippen LogP contribution in [-0.4, -0.2) is 30.0 Å². The first-order valence-electron chi connectivity index (χ1n) is 9.08. The number of carbonyl (C=O) groups excluding carboxylic acids is 1. The Morgan fingerprint density at radius 2 is 1.77 bits per heavy atom. The van der Waals surface area contributed by atoms with E-state index in [0.717, 1.165) is 0 Å². The highest BCUT2D eigenvalue weighted by Gasteiger charge is 2.16. The molecule has 31 heavy (non-hydrogen) atoms. The first kappa shape index (κ1) is 21.4. The Morgan fingerprint density at radius 1 is 1.06 bits per heavy atom. The number of benzene rings is 2. The summed E-state index contributed by atoms with van der Waals surface area (Å²) in [5.74, 6) is 0.247. The van der Waals surface area contributed by atoms with Crippen LogP contribution in [0.15, 0.2) is 65.0 Å². The fourth-order valence-electron chi connectivity index (χ4n) is 2.77. The number of pyridine rings is 1. The van der Waals surface area contributed by atoms with Crippen molar-refractivity contribution in [1.29, 1.82) is 0 Å². The molecule has 3 aromatic rings.